The molecule has 0 aliphatic carbocycles. The number of carbonyl (C=O) groups is 2. The summed E-state index contributed by atoms with van der Waals surface area (Å²) in [6.45, 7) is 2.26. The molecule has 140 valence electrons. The molecular formula is C21H19ClFNO3. The first-order valence-electron chi connectivity index (χ1n) is 8.74. The molecule has 0 saturated carbocycles. The number of unbranched alkanes of at least 4 members (excludes halogenated alkanes) is 1. The highest BCUT2D eigenvalue weighted by atomic mass is 35.5. The molecule has 1 heterocycles. The third kappa shape index (κ3) is 3.60. The number of aliphatic hydroxyl groups excluding tert-OH is 1. The van der Waals surface area contributed by atoms with E-state index in [1.807, 2.05) is 6.92 Å². The number of aliphatic hydroxyl groups is 1. The Morgan fingerprint density at radius 2 is 1.81 bits per heavy atom. The Kier molecular flexibility index (Phi) is 5.61. The van der Waals surface area contributed by atoms with Gasteiger partial charge in [0.25, 0.3) is 11.7 Å². The van der Waals surface area contributed by atoms with Crippen molar-refractivity contribution in [1.82, 2.24) is 4.90 Å². The topological polar surface area (TPSA) is 57.6 Å². The van der Waals surface area contributed by atoms with Crippen LogP contribution in [0.4, 0.5) is 4.39 Å². The fraction of sp³-hybridized carbons (Fsp3) is 0.238. The minimum atomic E-state index is -0.964. The number of carbonyl (C=O) groups excluding carboxylic acids is 2. The van der Waals surface area contributed by atoms with Gasteiger partial charge >= 0.3 is 0 Å². The second kappa shape index (κ2) is 7.92. The largest absolute Gasteiger partial charge is 0.507 e. The molecule has 1 amide bonds. The summed E-state index contributed by atoms with van der Waals surface area (Å²) in [4.78, 5) is 26.6. The summed E-state index contributed by atoms with van der Waals surface area (Å²) in [5, 5.41) is 11.3. The summed E-state index contributed by atoms with van der Waals surface area (Å²) < 4.78 is 14.5. The zero-order valence-electron chi connectivity index (χ0n) is 14.8. The predicted octanol–water partition coefficient (Wildman–Crippen LogP) is 4.70. The van der Waals surface area contributed by atoms with Gasteiger partial charge in [-0.15, -0.1) is 0 Å². The molecule has 3 rings (SSSR count). The van der Waals surface area contributed by atoms with E-state index in [9.17, 15) is 19.1 Å². The number of amides is 1. The first kappa shape index (κ1) is 19.1. The van der Waals surface area contributed by atoms with Crippen molar-refractivity contribution in [2.24, 2.45) is 0 Å². The Bertz CT molecular complexity index is 908. The van der Waals surface area contributed by atoms with E-state index in [1.165, 1.54) is 23.1 Å². The number of benzene rings is 2. The van der Waals surface area contributed by atoms with Crippen LogP contribution in [0.5, 0.6) is 0 Å². The fourth-order valence-corrected chi connectivity index (χ4v) is 3.35. The molecule has 1 N–H and O–H groups in total. The summed E-state index contributed by atoms with van der Waals surface area (Å²) in [5.41, 5.74) is 0.418. The highest BCUT2D eigenvalue weighted by molar-refractivity contribution is 6.46. The van der Waals surface area contributed by atoms with Gasteiger partial charge in [-0.25, -0.2) is 4.39 Å². The second-order valence-corrected chi connectivity index (χ2v) is 6.81. The van der Waals surface area contributed by atoms with Crippen LogP contribution in [0.2, 0.25) is 5.02 Å². The third-order valence-electron chi connectivity index (χ3n) is 4.61. The van der Waals surface area contributed by atoms with Crippen LogP contribution in [-0.4, -0.2) is 28.2 Å². The smallest absolute Gasteiger partial charge is 0.295 e. The van der Waals surface area contributed by atoms with Gasteiger partial charge in [-0.1, -0.05) is 43.1 Å². The normalized spacial score (nSPS) is 18.9. The van der Waals surface area contributed by atoms with Crippen molar-refractivity contribution in [1.29, 1.82) is 0 Å². The van der Waals surface area contributed by atoms with Gasteiger partial charge in [-0.05, 0) is 36.8 Å². The minimum absolute atomic E-state index is 0.108. The van der Waals surface area contributed by atoms with Crippen LogP contribution in [0.25, 0.3) is 5.76 Å². The van der Waals surface area contributed by atoms with Crippen molar-refractivity contribution in [3.63, 3.8) is 0 Å². The van der Waals surface area contributed by atoms with Crippen LogP contribution in [0.1, 0.15) is 36.9 Å². The molecule has 1 saturated heterocycles. The lowest BCUT2D eigenvalue weighted by molar-refractivity contribution is -0.139. The van der Waals surface area contributed by atoms with Crippen molar-refractivity contribution in [3.05, 3.63) is 76.1 Å². The Morgan fingerprint density at radius 3 is 2.44 bits per heavy atom. The number of nitrogens with zero attached hydrogens (tertiary/aromatic N) is 1. The molecular weight excluding hydrogens is 369 g/mol. The number of likely N-dealkylation sites (tertiary alicyclic amines) is 1. The lowest BCUT2D eigenvalue weighted by atomic mass is 9.95. The zero-order valence-corrected chi connectivity index (χ0v) is 15.5. The Morgan fingerprint density at radius 1 is 1.15 bits per heavy atom. The zero-order chi connectivity index (χ0) is 19.6. The molecule has 1 unspecified atom stereocenters. The van der Waals surface area contributed by atoms with Crippen LogP contribution >= 0.6 is 11.6 Å². The van der Waals surface area contributed by atoms with Gasteiger partial charge in [-0.2, -0.15) is 0 Å². The average Bonchev–Trinajstić information content (AvgIpc) is 2.91. The first-order valence-corrected chi connectivity index (χ1v) is 9.12. The second-order valence-electron chi connectivity index (χ2n) is 6.37. The van der Waals surface area contributed by atoms with E-state index in [4.69, 9.17) is 11.6 Å². The lowest BCUT2D eigenvalue weighted by Gasteiger charge is -2.25. The molecule has 1 fully saturated rings. The van der Waals surface area contributed by atoms with Crippen LogP contribution in [-0.2, 0) is 9.59 Å². The Hall–Kier alpha value is -2.66. The van der Waals surface area contributed by atoms with Crippen LogP contribution in [0.15, 0.2) is 54.1 Å². The SMILES string of the molecule is CCCCN1C(=O)C(=O)/C(=C(\O)c2ccc(Cl)cc2)C1c1ccccc1F. The van der Waals surface area contributed by atoms with E-state index in [1.54, 1.807) is 30.3 Å². The van der Waals surface area contributed by atoms with Gasteiger partial charge < -0.3 is 10.0 Å². The van der Waals surface area contributed by atoms with Gasteiger partial charge in [0.2, 0.25) is 0 Å². The summed E-state index contributed by atoms with van der Waals surface area (Å²) >= 11 is 5.88. The van der Waals surface area contributed by atoms with E-state index in [0.29, 0.717) is 23.6 Å². The number of hydrogen-bond donors (Lipinski definition) is 1. The highest BCUT2D eigenvalue weighted by Crippen LogP contribution is 2.40. The molecule has 2 aromatic carbocycles. The summed E-state index contributed by atoms with van der Waals surface area (Å²) in [6, 6.07) is 11.3. The monoisotopic (exact) mass is 387 g/mol. The summed E-state index contributed by atoms with van der Waals surface area (Å²) in [7, 11) is 0. The number of rotatable bonds is 5. The summed E-state index contributed by atoms with van der Waals surface area (Å²) in [6.07, 6.45) is 1.48. The molecule has 0 radical (unpaired) electrons. The molecule has 0 aromatic heterocycles. The number of hydrogen-bond acceptors (Lipinski definition) is 3. The molecule has 2 aromatic rings. The molecule has 4 nitrogen and oxygen atoms in total. The molecule has 0 spiro atoms. The van der Waals surface area contributed by atoms with Crippen molar-refractivity contribution >= 4 is 29.1 Å². The van der Waals surface area contributed by atoms with Crippen molar-refractivity contribution < 1.29 is 19.1 Å². The van der Waals surface area contributed by atoms with E-state index >= 15 is 0 Å². The van der Waals surface area contributed by atoms with Gasteiger partial charge in [0.05, 0.1) is 11.6 Å². The van der Waals surface area contributed by atoms with Crippen LogP contribution < -0.4 is 0 Å². The van der Waals surface area contributed by atoms with Crippen LogP contribution in [0.3, 0.4) is 0 Å². The van der Waals surface area contributed by atoms with Gasteiger partial charge in [0.15, 0.2) is 0 Å². The van der Waals surface area contributed by atoms with Gasteiger partial charge in [0.1, 0.15) is 11.6 Å². The van der Waals surface area contributed by atoms with E-state index in [2.05, 4.69) is 0 Å². The van der Waals surface area contributed by atoms with E-state index < -0.39 is 23.5 Å². The molecule has 0 bridgehead atoms. The number of ketones is 1. The maximum absolute atomic E-state index is 14.5. The standard InChI is InChI=1S/C21H19ClFNO3/c1-2-3-12-24-18(15-6-4-5-7-16(15)23)17(20(26)21(24)27)19(25)13-8-10-14(22)11-9-13/h4-11,18,25H,2-3,12H2,1H3/b19-17-. The Balaban J connectivity index is 2.18. The molecule has 1 atom stereocenters. The van der Waals surface area contributed by atoms with Crippen molar-refractivity contribution in [2.75, 3.05) is 6.54 Å². The number of Topliss-reactive ketones (excluding diaryl/α,β-unsaturated/α-hetero) is 1. The van der Waals surface area contributed by atoms with E-state index in [-0.39, 0.29) is 16.9 Å². The summed E-state index contributed by atoms with van der Waals surface area (Å²) in [5.74, 6) is -2.41. The van der Waals surface area contributed by atoms with Gasteiger partial charge in [-0.3, -0.25) is 9.59 Å². The Labute approximate surface area is 161 Å². The fourth-order valence-electron chi connectivity index (χ4n) is 3.22. The maximum Gasteiger partial charge on any atom is 0.295 e. The third-order valence-corrected chi connectivity index (χ3v) is 4.86. The van der Waals surface area contributed by atoms with Crippen molar-refractivity contribution in [2.45, 2.75) is 25.8 Å². The molecule has 27 heavy (non-hydrogen) atoms. The van der Waals surface area contributed by atoms with Crippen molar-refractivity contribution in [3.8, 4) is 0 Å². The van der Waals surface area contributed by atoms with Crippen LogP contribution in [0, 0.1) is 5.82 Å². The van der Waals surface area contributed by atoms with Gasteiger partial charge in [0, 0.05) is 22.7 Å². The average molecular weight is 388 g/mol. The minimum Gasteiger partial charge on any atom is -0.507 e. The number of halogens is 2. The maximum atomic E-state index is 14.5. The predicted molar refractivity (Wildman–Crippen MR) is 102 cm³/mol. The first-order chi connectivity index (χ1) is 13.0. The quantitative estimate of drug-likeness (QED) is 0.459. The molecule has 1 aliphatic heterocycles. The van der Waals surface area contributed by atoms with E-state index in [0.717, 1.165) is 6.42 Å². The molecule has 1 aliphatic rings. The highest BCUT2D eigenvalue weighted by Gasteiger charge is 2.46. The molecule has 6 heteroatoms. The lowest BCUT2D eigenvalue weighted by Crippen LogP contribution is -2.31.